The number of carboxylic acids is 1. The minimum atomic E-state index is -0.864. The predicted molar refractivity (Wildman–Crippen MR) is 63.2 cm³/mol. The van der Waals surface area contributed by atoms with Crippen molar-refractivity contribution in [3.8, 4) is 0 Å². The molecule has 3 nitrogen and oxygen atoms in total. The molecule has 0 radical (unpaired) electrons. The van der Waals surface area contributed by atoms with Crippen molar-refractivity contribution in [1.29, 1.82) is 0 Å². The second kappa shape index (κ2) is 6.00. The van der Waals surface area contributed by atoms with Gasteiger partial charge in [-0.15, -0.1) is 11.8 Å². The molecular weight excluding hydrogens is 234 g/mol. The largest absolute Gasteiger partial charge is 0.480 e. The van der Waals surface area contributed by atoms with Gasteiger partial charge >= 0.3 is 5.97 Å². The smallest absolute Gasteiger partial charge is 0.317 e. The zero-order valence-electron chi connectivity index (χ0n) is 8.02. The lowest BCUT2D eigenvalue weighted by Crippen LogP contribution is -2.26. The van der Waals surface area contributed by atoms with E-state index in [1.54, 1.807) is 12.1 Å². The Morgan fingerprint density at radius 3 is 2.53 bits per heavy atom. The molecule has 0 aromatic heterocycles. The van der Waals surface area contributed by atoms with Gasteiger partial charge in [0.15, 0.2) is 0 Å². The van der Waals surface area contributed by atoms with Crippen molar-refractivity contribution in [2.45, 2.75) is 11.0 Å². The first-order valence-electron chi connectivity index (χ1n) is 4.42. The van der Waals surface area contributed by atoms with Crippen LogP contribution >= 0.6 is 23.4 Å². The van der Waals surface area contributed by atoms with Crippen LogP contribution in [0, 0.1) is 0 Å². The lowest BCUT2D eigenvalue weighted by molar-refractivity contribution is -0.136. The number of hydrogen-bond donors (Lipinski definition) is 2. The van der Waals surface area contributed by atoms with Crippen LogP contribution in [0.2, 0.25) is 5.02 Å². The molecular formula is C10H12ClNO2S. The fourth-order valence-electron chi connectivity index (χ4n) is 1.02. The van der Waals surface area contributed by atoms with Crippen molar-refractivity contribution in [3.63, 3.8) is 0 Å². The van der Waals surface area contributed by atoms with Gasteiger partial charge in [0.05, 0.1) is 0 Å². The Bertz CT molecular complexity index is 329. The van der Waals surface area contributed by atoms with Gasteiger partial charge in [-0.25, -0.2) is 0 Å². The number of halogens is 1. The quantitative estimate of drug-likeness (QED) is 0.833. The number of hydrogen-bond acceptors (Lipinski definition) is 3. The summed E-state index contributed by atoms with van der Waals surface area (Å²) in [7, 11) is 0. The molecule has 1 rings (SSSR count). The number of carbonyl (C=O) groups is 1. The number of nitrogens with two attached hydrogens (primary N) is 1. The van der Waals surface area contributed by atoms with Gasteiger partial charge < -0.3 is 10.8 Å². The van der Waals surface area contributed by atoms with Crippen LogP contribution in [0.1, 0.15) is 5.56 Å². The summed E-state index contributed by atoms with van der Waals surface area (Å²) in [5.41, 5.74) is 6.38. The summed E-state index contributed by atoms with van der Waals surface area (Å²) >= 11 is 7.05. The van der Waals surface area contributed by atoms with E-state index in [9.17, 15) is 4.79 Å². The highest BCUT2D eigenvalue weighted by Gasteiger charge is 2.15. The first-order chi connectivity index (χ1) is 7.13. The molecule has 0 heterocycles. The third-order valence-corrected chi connectivity index (χ3v) is 3.40. The highest BCUT2D eigenvalue weighted by Crippen LogP contribution is 2.19. The van der Waals surface area contributed by atoms with Crippen molar-refractivity contribution in [2.24, 2.45) is 5.73 Å². The molecule has 15 heavy (non-hydrogen) atoms. The van der Waals surface area contributed by atoms with E-state index >= 15 is 0 Å². The van der Waals surface area contributed by atoms with E-state index in [1.165, 1.54) is 11.8 Å². The summed E-state index contributed by atoms with van der Waals surface area (Å²) in [5.74, 6) is -0.234. The van der Waals surface area contributed by atoms with Crippen LogP contribution in [0.25, 0.3) is 0 Å². The van der Waals surface area contributed by atoms with Gasteiger partial charge in [0, 0.05) is 17.3 Å². The molecule has 0 amide bonds. The molecule has 0 aliphatic carbocycles. The third-order valence-electron chi connectivity index (χ3n) is 1.85. The molecule has 82 valence electrons. The molecule has 0 fully saturated rings. The van der Waals surface area contributed by atoms with Crippen LogP contribution in [0.4, 0.5) is 0 Å². The number of thioether (sulfide) groups is 1. The van der Waals surface area contributed by atoms with Gasteiger partial charge in [-0.05, 0) is 17.7 Å². The molecule has 3 N–H and O–H groups in total. The number of benzene rings is 1. The highest BCUT2D eigenvalue weighted by molar-refractivity contribution is 7.99. The second-order valence-corrected chi connectivity index (χ2v) is 4.63. The summed E-state index contributed by atoms with van der Waals surface area (Å²) in [6, 6.07) is 7.33. The molecule has 0 aliphatic rings. The molecule has 0 aliphatic heterocycles. The van der Waals surface area contributed by atoms with E-state index in [1.807, 2.05) is 12.1 Å². The van der Waals surface area contributed by atoms with Crippen LogP contribution in [-0.4, -0.2) is 22.9 Å². The normalized spacial score (nSPS) is 12.4. The van der Waals surface area contributed by atoms with Crippen LogP contribution in [0.15, 0.2) is 24.3 Å². The van der Waals surface area contributed by atoms with Gasteiger partial charge in [-0.2, -0.15) is 0 Å². The Morgan fingerprint density at radius 2 is 2.07 bits per heavy atom. The summed E-state index contributed by atoms with van der Waals surface area (Å²) in [6.45, 7) is 0.146. The molecule has 5 heteroatoms. The lowest BCUT2D eigenvalue weighted by atomic mass is 10.2. The first-order valence-corrected chi connectivity index (χ1v) is 5.85. The monoisotopic (exact) mass is 245 g/mol. The Labute approximate surface area is 97.6 Å². The van der Waals surface area contributed by atoms with Crippen LogP contribution < -0.4 is 5.73 Å². The average Bonchev–Trinajstić information content (AvgIpc) is 2.21. The fraction of sp³-hybridized carbons (Fsp3) is 0.300. The van der Waals surface area contributed by atoms with Crippen molar-refractivity contribution in [3.05, 3.63) is 34.9 Å². The van der Waals surface area contributed by atoms with Crippen molar-refractivity contribution < 1.29 is 9.90 Å². The summed E-state index contributed by atoms with van der Waals surface area (Å²) in [5, 5.41) is 8.91. The summed E-state index contributed by atoms with van der Waals surface area (Å²) in [4.78, 5) is 10.7. The van der Waals surface area contributed by atoms with Gasteiger partial charge in [-0.3, -0.25) is 4.79 Å². The third kappa shape index (κ3) is 4.11. The van der Waals surface area contributed by atoms with Crippen molar-refractivity contribution >= 4 is 29.3 Å². The zero-order valence-corrected chi connectivity index (χ0v) is 9.59. The molecule has 1 atom stereocenters. The second-order valence-electron chi connectivity index (χ2n) is 3.00. The molecule has 0 saturated carbocycles. The van der Waals surface area contributed by atoms with Gasteiger partial charge in [0.25, 0.3) is 0 Å². The Hall–Kier alpha value is -0.710. The van der Waals surface area contributed by atoms with Gasteiger partial charge in [0.1, 0.15) is 5.25 Å². The Morgan fingerprint density at radius 1 is 1.47 bits per heavy atom. The van der Waals surface area contributed by atoms with E-state index in [-0.39, 0.29) is 6.54 Å². The summed E-state index contributed by atoms with van der Waals surface area (Å²) < 4.78 is 0. The SMILES string of the molecule is NCC(SCc1ccc(Cl)cc1)C(=O)O. The first kappa shape index (κ1) is 12.4. The standard InChI is InChI=1S/C10H12ClNO2S/c11-8-3-1-7(2-4-8)6-15-9(5-12)10(13)14/h1-4,9H,5-6,12H2,(H,13,14). The zero-order chi connectivity index (χ0) is 11.3. The molecule has 1 aromatic rings. The van der Waals surface area contributed by atoms with Crippen LogP contribution in [-0.2, 0) is 10.5 Å². The number of aliphatic carboxylic acids is 1. The minimum Gasteiger partial charge on any atom is -0.480 e. The maximum Gasteiger partial charge on any atom is 0.317 e. The Balaban J connectivity index is 2.49. The van der Waals surface area contributed by atoms with Crippen LogP contribution in [0.5, 0.6) is 0 Å². The molecule has 1 aromatic carbocycles. The van der Waals surface area contributed by atoms with Gasteiger partial charge in [-0.1, -0.05) is 23.7 Å². The maximum absolute atomic E-state index is 10.7. The highest BCUT2D eigenvalue weighted by atomic mass is 35.5. The minimum absolute atomic E-state index is 0.146. The molecule has 0 bridgehead atoms. The fourth-order valence-corrected chi connectivity index (χ4v) is 2.01. The molecule has 0 spiro atoms. The van der Waals surface area contributed by atoms with E-state index in [0.29, 0.717) is 10.8 Å². The maximum atomic E-state index is 10.7. The predicted octanol–water partition coefficient (Wildman–Crippen LogP) is 1.99. The lowest BCUT2D eigenvalue weighted by Gasteiger charge is -2.08. The number of carboxylic acid groups (broad SMARTS) is 1. The van der Waals surface area contributed by atoms with E-state index < -0.39 is 11.2 Å². The van der Waals surface area contributed by atoms with Gasteiger partial charge in [0.2, 0.25) is 0 Å². The van der Waals surface area contributed by atoms with Crippen LogP contribution in [0.3, 0.4) is 0 Å². The van der Waals surface area contributed by atoms with E-state index in [2.05, 4.69) is 0 Å². The summed E-state index contributed by atoms with van der Waals surface area (Å²) in [6.07, 6.45) is 0. The molecule has 1 unspecified atom stereocenters. The van der Waals surface area contributed by atoms with Crippen molar-refractivity contribution in [1.82, 2.24) is 0 Å². The number of rotatable bonds is 5. The van der Waals surface area contributed by atoms with Crippen molar-refractivity contribution in [2.75, 3.05) is 6.54 Å². The topological polar surface area (TPSA) is 63.3 Å². The molecule has 0 saturated heterocycles. The van der Waals surface area contributed by atoms with E-state index in [4.69, 9.17) is 22.4 Å². The van der Waals surface area contributed by atoms with E-state index in [0.717, 1.165) is 5.56 Å². The average molecular weight is 246 g/mol. The Kier molecular flexibility index (Phi) is 4.94.